The van der Waals surface area contributed by atoms with Crippen LogP contribution in [0, 0.1) is 3.83 Å². The highest BCUT2D eigenvalue weighted by molar-refractivity contribution is 14.1. The largest absolute Gasteiger partial charge is 0.208 e. The predicted molar refractivity (Wildman–Crippen MR) is 83.4 cm³/mol. The SMILES string of the molecule is Ic1nc(-c2ccccc2)nc(-c2ccccc2)n1. The number of aromatic nitrogens is 3. The van der Waals surface area contributed by atoms with Crippen LogP contribution in [0.4, 0.5) is 0 Å². The Morgan fingerprint density at radius 3 is 1.42 bits per heavy atom. The van der Waals surface area contributed by atoms with Gasteiger partial charge in [0.25, 0.3) is 0 Å². The van der Waals surface area contributed by atoms with Crippen molar-refractivity contribution in [2.24, 2.45) is 0 Å². The highest BCUT2D eigenvalue weighted by atomic mass is 127. The van der Waals surface area contributed by atoms with E-state index in [1.165, 1.54) is 0 Å². The second kappa shape index (κ2) is 5.44. The molecule has 0 amide bonds. The van der Waals surface area contributed by atoms with E-state index in [2.05, 4.69) is 37.5 Å². The standard InChI is InChI=1S/C15H10IN3/c16-15-18-13(11-7-3-1-4-8-11)17-14(19-15)12-9-5-2-6-10-12/h1-10H. The summed E-state index contributed by atoms with van der Waals surface area (Å²) in [6.07, 6.45) is 0. The third-order valence-electron chi connectivity index (χ3n) is 2.67. The molecule has 0 aliphatic heterocycles. The summed E-state index contributed by atoms with van der Waals surface area (Å²) in [7, 11) is 0. The summed E-state index contributed by atoms with van der Waals surface area (Å²) in [5.74, 6) is 1.41. The van der Waals surface area contributed by atoms with Crippen LogP contribution in [0.3, 0.4) is 0 Å². The van der Waals surface area contributed by atoms with Crippen LogP contribution in [0.15, 0.2) is 60.7 Å². The van der Waals surface area contributed by atoms with Gasteiger partial charge in [0.2, 0.25) is 0 Å². The van der Waals surface area contributed by atoms with E-state index in [1.807, 2.05) is 60.7 Å². The van der Waals surface area contributed by atoms with E-state index >= 15 is 0 Å². The van der Waals surface area contributed by atoms with E-state index in [0.29, 0.717) is 15.5 Å². The molecule has 1 heterocycles. The molecule has 0 aliphatic carbocycles. The van der Waals surface area contributed by atoms with Gasteiger partial charge in [-0.2, -0.15) is 0 Å². The fourth-order valence-corrected chi connectivity index (χ4v) is 2.24. The Balaban J connectivity index is 2.12. The van der Waals surface area contributed by atoms with Gasteiger partial charge < -0.3 is 0 Å². The van der Waals surface area contributed by atoms with E-state index < -0.39 is 0 Å². The molecule has 3 nitrogen and oxygen atoms in total. The molecule has 0 spiro atoms. The van der Waals surface area contributed by atoms with Crippen molar-refractivity contribution in [3.63, 3.8) is 0 Å². The maximum Gasteiger partial charge on any atom is 0.194 e. The van der Waals surface area contributed by atoms with E-state index in [-0.39, 0.29) is 0 Å². The first kappa shape index (κ1) is 12.2. The quantitative estimate of drug-likeness (QED) is 0.654. The minimum Gasteiger partial charge on any atom is -0.208 e. The zero-order chi connectivity index (χ0) is 13.1. The Hall–Kier alpha value is -1.82. The normalized spacial score (nSPS) is 10.4. The molecule has 0 saturated heterocycles. The van der Waals surface area contributed by atoms with Crippen LogP contribution in [-0.2, 0) is 0 Å². The second-order valence-corrected chi connectivity index (χ2v) is 4.95. The maximum absolute atomic E-state index is 4.55. The summed E-state index contributed by atoms with van der Waals surface area (Å²) >= 11 is 2.12. The number of benzene rings is 2. The first-order valence-corrected chi connectivity index (χ1v) is 6.93. The molecule has 0 N–H and O–H groups in total. The van der Waals surface area contributed by atoms with Crippen LogP contribution >= 0.6 is 22.6 Å². The summed E-state index contributed by atoms with van der Waals surface area (Å²) in [6.45, 7) is 0. The third kappa shape index (κ3) is 2.78. The molecule has 0 bridgehead atoms. The van der Waals surface area contributed by atoms with E-state index in [0.717, 1.165) is 11.1 Å². The molecule has 0 saturated carbocycles. The molecule has 0 aliphatic rings. The van der Waals surface area contributed by atoms with Crippen molar-refractivity contribution >= 4 is 22.6 Å². The van der Waals surface area contributed by atoms with E-state index in [1.54, 1.807) is 0 Å². The Labute approximate surface area is 124 Å². The Bertz CT molecular complexity index is 627. The molecule has 0 atom stereocenters. The summed E-state index contributed by atoms with van der Waals surface area (Å²) in [5.41, 5.74) is 2.00. The molecule has 0 unspecified atom stereocenters. The fourth-order valence-electron chi connectivity index (χ4n) is 1.78. The van der Waals surface area contributed by atoms with Gasteiger partial charge in [0.1, 0.15) is 0 Å². The summed E-state index contributed by atoms with van der Waals surface area (Å²) < 4.78 is 0.699. The molecule has 1 aromatic heterocycles. The van der Waals surface area contributed by atoms with Crippen molar-refractivity contribution in [1.29, 1.82) is 0 Å². The third-order valence-corrected chi connectivity index (χ3v) is 3.15. The lowest BCUT2D eigenvalue weighted by Gasteiger charge is -2.04. The number of halogens is 1. The van der Waals surface area contributed by atoms with Gasteiger partial charge in [-0.15, -0.1) is 0 Å². The van der Waals surface area contributed by atoms with Crippen LogP contribution < -0.4 is 0 Å². The van der Waals surface area contributed by atoms with Gasteiger partial charge >= 0.3 is 0 Å². The highest BCUT2D eigenvalue weighted by Crippen LogP contribution is 2.20. The molecular formula is C15H10IN3. The van der Waals surface area contributed by atoms with Gasteiger partial charge in [-0.1, -0.05) is 60.7 Å². The van der Waals surface area contributed by atoms with Gasteiger partial charge in [-0.3, -0.25) is 0 Å². The monoisotopic (exact) mass is 359 g/mol. The van der Waals surface area contributed by atoms with Crippen molar-refractivity contribution in [3.8, 4) is 22.8 Å². The first-order valence-electron chi connectivity index (χ1n) is 5.85. The topological polar surface area (TPSA) is 38.7 Å². The van der Waals surface area contributed by atoms with Crippen LogP contribution in [0.25, 0.3) is 22.8 Å². The van der Waals surface area contributed by atoms with Gasteiger partial charge in [0.05, 0.1) is 0 Å². The first-order chi connectivity index (χ1) is 9.33. The van der Waals surface area contributed by atoms with Crippen LogP contribution in [0.1, 0.15) is 0 Å². The van der Waals surface area contributed by atoms with Gasteiger partial charge in [0, 0.05) is 33.7 Å². The van der Waals surface area contributed by atoms with Crippen LogP contribution in [-0.4, -0.2) is 15.0 Å². The molecular weight excluding hydrogens is 349 g/mol. The molecule has 0 fully saturated rings. The van der Waals surface area contributed by atoms with E-state index in [4.69, 9.17) is 0 Å². The molecule has 92 valence electrons. The maximum atomic E-state index is 4.55. The minimum absolute atomic E-state index is 0.699. The van der Waals surface area contributed by atoms with Crippen molar-refractivity contribution in [3.05, 3.63) is 64.5 Å². The number of nitrogens with zero attached hydrogens (tertiary/aromatic N) is 3. The molecule has 2 aromatic carbocycles. The summed E-state index contributed by atoms with van der Waals surface area (Å²) in [5, 5.41) is 0. The van der Waals surface area contributed by atoms with Crippen LogP contribution in [0.2, 0.25) is 0 Å². The average Bonchev–Trinajstić information content (AvgIpc) is 2.48. The Morgan fingerprint density at radius 1 is 0.579 bits per heavy atom. The Morgan fingerprint density at radius 2 is 1.00 bits per heavy atom. The second-order valence-electron chi connectivity index (χ2n) is 3.98. The van der Waals surface area contributed by atoms with Crippen molar-refractivity contribution in [1.82, 2.24) is 15.0 Å². The molecule has 0 radical (unpaired) electrons. The van der Waals surface area contributed by atoms with Gasteiger partial charge in [-0.25, -0.2) is 15.0 Å². The summed E-state index contributed by atoms with van der Waals surface area (Å²) in [6, 6.07) is 19.9. The number of rotatable bonds is 2. The predicted octanol–water partition coefficient (Wildman–Crippen LogP) is 3.81. The van der Waals surface area contributed by atoms with Gasteiger partial charge in [-0.05, 0) is 0 Å². The van der Waals surface area contributed by atoms with E-state index in [9.17, 15) is 0 Å². The molecule has 3 aromatic rings. The van der Waals surface area contributed by atoms with Crippen molar-refractivity contribution in [2.75, 3.05) is 0 Å². The number of hydrogen-bond donors (Lipinski definition) is 0. The Kier molecular flexibility index (Phi) is 3.50. The molecule has 3 rings (SSSR count). The molecule has 4 heteroatoms. The smallest absolute Gasteiger partial charge is 0.194 e. The highest BCUT2D eigenvalue weighted by Gasteiger charge is 2.08. The van der Waals surface area contributed by atoms with Crippen molar-refractivity contribution in [2.45, 2.75) is 0 Å². The lowest BCUT2D eigenvalue weighted by molar-refractivity contribution is 1.02. The lowest BCUT2D eigenvalue weighted by Crippen LogP contribution is -1.99. The molecule has 19 heavy (non-hydrogen) atoms. The fraction of sp³-hybridized carbons (Fsp3) is 0. The zero-order valence-corrected chi connectivity index (χ0v) is 12.2. The lowest BCUT2D eigenvalue weighted by atomic mass is 10.2. The van der Waals surface area contributed by atoms with Gasteiger partial charge in [0.15, 0.2) is 15.5 Å². The van der Waals surface area contributed by atoms with Crippen LogP contribution in [0.5, 0.6) is 0 Å². The zero-order valence-electron chi connectivity index (χ0n) is 9.99. The number of hydrogen-bond acceptors (Lipinski definition) is 3. The minimum atomic E-state index is 0.699. The average molecular weight is 359 g/mol. The van der Waals surface area contributed by atoms with Crippen molar-refractivity contribution < 1.29 is 0 Å². The summed E-state index contributed by atoms with van der Waals surface area (Å²) in [4.78, 5) is 13.3.